The number of hydrogen-bond donors (Lipinski definition) is 1. The van der Waals surface area contributed by atoms with Gasteiger partial charge >= 0.3 is 0 Å². The first kappa shape index (κ1) is 23.0. The fraction of sp³-hybridized carbons (Fsp3) is 0.636. The van der Waals surface area contributed by atoms with E-state index in [4.69, 9.17) is 4.99 Å². The molecular formula is C22H35IN4O. The average Bonchev–Trinajstić information content (AvgIpc) is 3.04. The zero-order chi connectivity index (χ0) is 19.2. The highest BCUT2D eigenvalue weighted by Crippen LogP contribution is 2.21. The Balaban J connectivity index is 0.00000280. The van der Waals surface area contributed by atoms with Crippen LogP contribution in [0.4, 0.5) is 0 Å². The Morgan fingerprint density at radius 3 is 2.36 bits per heavy atom. The molecule has 0 aromatic heterocycles. The molecule has 0 spiro atoms. The number of nitrogens with zero attached hydrogens (tertiary/aromatic N) is 3. The maximum absolute atomic E-state index is 11.8. The van der Waals surface area contributed by atoms with E-state index in [-0.39, 0.29) is 29.9 Å². The summed E-state index contributed by atoms with van der Waals surface area (Å²) in [6.07, 6.45) is 3.00. The molecule has 5 nitrogen and oxygen atoms in total. The van der Waals surface area contributed by atoms with Crippen LogP contribution in [0.2, 0.25) is 0 Å². The monoisotopic (exact) mass is 498 g/mol. The van der Waals surface area contributed by atoms with Crippen LogP contribution in [0.25, 0.3) is 0 Å². The smallest absolute Gasteiger partial charge is 0.222 e. The SMILES string of the molecule is CCNC(=NCc1ccc(CN2CCCC2=O)cc1)N1CC(C)CC(C)C1.I. The van der Waals surface area contributed by atoms with Crippen LogP contribution in [0.3, 0.4) is 0 Å². The van der Waals surface area contributed by atoms with Crippen molar-refractivity contribution in [1.29, 1.82) is 0 Å². The van der Waals surface area contributed by atoms with Gasteiger partial charge in [0.15, 0.2) is 5.96 Å². The topological polar surface area (TPSA) is 47.9 Å². The van der Waals surface area contributed by atoms with Crippen LogP contribution in [0.5, 0.6) is 0 Å². The Labute approximate surface area is 187 Å². The van der Waals surface area contributed by atoms with Crippen molar-refractivity contribution >= 4 is 35.8 Å². The van der Waals surface area contributed by atoms with Crippen molar-refractivity contribution in [3.63, 3.8) is 0 Å². The molecule has 0 bridgehead atoms. The zero-order valence-electron chi connectivity index (χ0n) is 17.5. The van der Waals surface area contributed by atoms with Gasteiger partial charge in [0.1, 0.15) is 0 Å². The highest BCUT2D eigenvalue weighted by atomic mass is 127. The lowest BCUT2D eigenvalue weighted by molar-refractivity contribution is -0.128. The van der Waals surface area contributed by atoms with E-state index in [0.717, 1.165) is 45.1 Å². The van der Waals surface area contributed by atoms with Crippen molar-refractivity contribution in [2.45, 2.75) is 53.1 Å². The van der Waals surface area contributed by atoms with Gasteiger partial charge in [-0.3, -0.25) is 4.79 Å². The molecule has 0 radical (unpaired) electrons. The van der Waals surface area contributed by atoms with Crippen molar-refractivity contribution in [3.05, 3.63) is 35.4 Å². The fourth-order valence-corrected chi connectivity index (χ4v) is 4.27. The maximum atomic E-state index is 11.8. The Bertz CT molecular complexity index is 651. The summed E-state index contributed by atoms with van der Waals surface area (Å²) >= 11 is 0. The quantitative estimate of drug-likeness (QED) is 0.381. The first-order chi connectivity index (χ1) is 13.0. The van der Waals surface area contributed by atoms with E-state index >= 15 is 0 Å². The minimum absolute atomic E-state index is 0. The van der Waals surface area contributed by atoms with E-state index < -0.39 is 0 Å². The van der Waals surface area contributed by atoms with E-state index in [1.807, 2.05) is 4.90 Å². The van der Waals surface area contributed by atoms with Crippen molar-refractivity contribution in [3.8, 4) is 0 Å². The Morgan fingerprint density at radius 1 is 1.14 bits per heavy atom. The molecule has 1 amide bonds. The number of carbonyl (C=O) groups is 1. The molecule has 6 heteroatoms. The predicted octanol–water partition coefficient (Wildman–Crippen LogP) is 3.87. The second-order valence-electron chi connectivity index (χ2n) is 8.26. The van der Waals surface area contributed by atoms with Gasteiger partial charge in [0, 0.05) is 39.1 Å². The first-order valence-electron chi connectivity index (χ1n) is 10.4. The van der Waals surface area contributed by atoms with Crippen LogP contribution in [0.15, 0.2) is 29.3 Å². The molecule has 2 atom stereocenters. The molecule has 2 fully saturated rings. The summed E-state index contributed by atoms with van der Waals surface area (Å²) in [6, 6.07) is 8.55. The number of carbonyl (C=O) groups excluding carboxylic acids is 1. The highest BCUT2D eigenvalue weighted by Gasteiger charge is 2.24. The third-order valence-electron chi connectivity index (χ3n) is 5.48. The molecule has 1 aromatic carbocycles. The number of halogens is 1. The van der Waals surface area contributed by atoms with E-state index in [2.05, 4.69) is 55.3 Å². The molecule has 1 N–H and O–H groups in total. The summed E-state index contributed by atoms with van der Waals surface area (Å²) in [4.78, 5) is 21.0. The summed E-state index contributed by atoms with van der Waals surface area (Å²) in [6.45, 7) is 12.1. The Hall–Kier alpha value is -1.31. The van der Waals surface area contributed by atoms with Gasteiger partial charge in [-0.2, -0.15) is 0 Å². The van der Waals surface area contributed by atoms with E-state index in [1.54, 1.807) is 0 Å². The molecule has 2 aliphatic heterocycles. The van der Waals surface area contributed by atoms with Crippen LogP contribution in [-0.2, 0) is 17.9 Å². The summed E-state index contributed by atoms with van der Waals surface area (Å²) in [5, 5.41) is 3.46. The van der Waals surface area contributed by atoms with Crippen LogP contribution < -0.4 is 5.32 Å². The molecule has 2 aliphatic rings. The lowest BCUT2D eigenvalue weighted by atomic mass is 9.92. The van der Waals surface area contributed by atoms with Crippen molar-refractivity contribution in [2.24, 2.45) is 16.8 Å². The average molecular weight is 498 g/mol. The summed E-state index contributed by atoms with van der Waals surface area (Å²) in [5.41, 5.74) is 2.41. The lowest BCUT2D eigenvalue weighted by Gasteiger charge is -2.37. The third-order valence-corrected chi connectivity index (χ3v) is 5.48. The Morgan fingerprint density at radius 2 is 1.79 bits per heavy atom. The number of likely N-dealkylation sites (tertiary alicyclic amines) is 2. The van der Waals surface area contributed by atoms with Crippen LogP contribution in [0.1, 0.15) is 51.2 Å². The van der Waals surface area contributed by atoms with E-state index in [1.165, 1.54) is 17.5 Å². The fourth-order valence-electron chi connectivity index (χ4n) is 4.27. The largest absolute Gasteiger partial charge is 0.357 e. The van der Waals surface area contributed by atoms with Gasteiger partial charge < -0.3 is 15.1 Å². The minimum Gasteiger partial charge on any atom is -0.357 e. The molecule has 156 valence electrons. The first-order valence-corrected chi connectivity index (χ1v) is 10.4. The number of nitrogens with one attached hydrogen (secondary N) is 1. The molecule has 1 aromatic rings. The molecule has 2 heterocycles. The molecule has 3 rings (SSSR count). The number of rotatable bonds is 5. The van der Waals surface area contributed by atoms with E-state index in [0.29, 0.717) is 24.8 Å². The molecule has 2 unspecified atom stereocenters. The molecule has 0 aliphatic carbocycles. The standard InChI is InChI=1S/C22H34N4O.HI/c1-4-23-22(26-14-17(2)12-18(3)15-26)24-13-19-7-9-20(10-8-19)16-25-11-5-6-21(25)27;/h7-10,17-18H,4-6,11-16H2,1-3H3,(H,23,24);1H. The van der Waals surface area contributed by atoms with Crippen molar-refractivity contribution in [2.75, 3.05) is 26.2 Å². The maximum Gasteiger partial charge on any atom is 0.222 e. The van der Waals surface area contributed by atoms with Gasteiger partial charge in [0.05, 0.1) is 6.54 Å². The van der Waals surface area contributed by atoms with Gasteiger partial charge in [0.2, 0.25) is 5.91 Å². The van der Waals surface area contributed by atoms with Gasteiger partial charge in [0.25, 0.3) is 0 Å². The summed E-state index contributed by atoms with van der Waals surface area (Å²) < 4.78 is 0. The second-order valence-corrected chi connectivity index (χ2v) is 8.26. The van der Waals surface area contributed by atoms with Gasteiger partial charge in [-0.15, -0.1) is 24.0 Å². The van der Waals surface area contributed by atoms with Crippen LogP contribution in [0, 0.1) is 11.8 Å². The lowest BCUT2D eigenvalue weighted by Crippen LogP contribution is -2.48. The number of guanidine groups is 1. The zero-order valence-corrected chi connectivity index (χ0v) is 19.8. The van der Waals surface area contributed by atoms with E-state index in [9.17, 15) is 4.79 Å². The Kier molecular flexibility index (Phi) is 9.05. The van der Waals surface area contributed by atoms with Gasteiger partial charge in [-0.05, 0) is 42.7 Å². The van der Waals surface area contributed by atoms with Crippen LogP contribution >= 0.6 is 24.0 Å². The minimum atomic E-state index is 0. The van der Waals surface area contributed by atoms with Gasteiger partial charge in [-0.25, -0.2) is 4.99 Å². The molecule has 0 saturated carbocycles. The molecule has 2 saturated heterocycles. The second kappa shape index (κ2) is 11.0. The van der Waals surface area contributed by atoms with Crippen molar-refractivity contribution in [1.82, 2.24) is 15.1 Å². The summed E-state index contributed by atoms with van der Waals surface area (Å²) in [5.74, 6) is 2.74. The number of piperidine rings is 1. The van der Waals surface area contributed by atoms with Gasteiger partial charge in [-0.1, -0.05) is 38.1 Å². The number of benzene rings is 1. The summed E-state index contributed by atoms with van der Waals surface area (Å²) in [7, 11) is 0. The van der Waals surface area contributed by atoms with Crippen molar-refractivity contribution < 1.29 is 4.79 Å². The number of aliphatic imine (C=N–C) groups is 1. The highest BCUT2D eigenvalue weighted by molar-refractivity contribution is 14.0. The normalized spacial score (nSPS) is 23.0. The third kappa shape index (κ3) is 6.36. The molecular weight excluding hydrogens is 463 g/mol. The van der Waals surface area contributed by atoms with Crippen LogP contribution in [-0.4, -0.2) is 47.8 Å². The molecule has 28 heavy (non-hydrogen) atoms. The number of hydrogen-bond acceptors (Lipinski definition) is 2. The number of amides is 1. The predicted molar refractivity (Wildman–Crippen MR) is 126 cm³/mol.